The maximum absolute atomic E-state index is 6.33. The SMILES string of the molecule is C=C[C@H]1CN2CCC1C[C@H]2[C@H](OCC)c1ccnc2ccc(OC)cc12. The van der Waals surface area contributed by atoms with Gasteiger partial charge in [-0.25, -0.2) is 0 Å². The molecule has 5 atom stereocenters. The van der Waals surface area contributed by atoms with Crippen LogP contribution in [0.2, 0.25) is 0 Å². The van der Waals surface area contributed by atoms with Gasteiger partial charge in [0.25, 0.3) is 0 Å². The third-order valence-corrected chi connectivity index (χ3v) is 6.14. The minimum Gasteiger partial charge on any atom is -0.497 e. The average Bonchev–Trinajstić information content (AvgIpc) is 2.71. The normalized spacial score (nSPS) is 28.8. The summed E-state index contributed by atoms with van der Waals surface area (Å²) >= 11 is 0. The highest BCUT2D eigenvalue weighted by Crippen LogP contribution is 2.43. The fourth-order valence-corrected chi connectivity index (χ4v) is 4.80. The van der Waals surface area contributed by atoms with Gasteiger partial charge in [-0.05, 0) is 68.0 Å². The molecule has 0 aliphatic carbocycles. The first kappa shape index (κ1) is 17.5. The molecule has 26 heavy (non-hydrogen) atoms. The molecule has 5 rings (SSSR count). The van der Waals surface area contributed by atoms with Crippen molar-refractivity contribution in [1.82, 2.24) is 9.88 Å². The molecule has 2 bridgehead atoms. The molecule has 2 unspecified atom stereocenters. The Morgan fingerprint density at radius 2 is 2.27 bits per heavy atom. The Morgan fingerprint density at radius 1 is 1.38 bits per heavy atom. The molecule has 2 aromatic rings. The second-order valence-electron chi connectivity index (χ2n) is 7.41. The lowest BCUT2D eigenvalue weighted by atomic mass is 9.73. The Balaban J connectivity index is 1.74. The standard InChI is InChI=1S/C22H28N2O2/c1-4-15-14-24-11-9-16(15)12-21(24)22(26-5-2)18-8-10-23-20-7-6-17(25-3)13-19(18)20/h4,6-8,10,13,15-16,21-22H,1,5,9,11-12,14H2,2-3H3/t15-,16?,21-,22+/m0/s1. The molecule has 4 nitrogen and oxygen atoms in total. The summed E-state index contributed by atoms with van der Waals surface area (Å²) in [5, 5.41) is 1.13. The minimum atomic E-state index is 0.0613. The number of pyridine rings is 1. The second-order valence-corrected chi connectivity index (χ2v) is 7.41. The van der Waals surface area contributed by atoms with Crippen LogP contribution in [0.4, 0.5) is 0 Å². The van der Waals surface area contributed by atoms with Crippen molar-refractivity contribution in [3.8, 4) is 5.75 Å². The summed E-state index contributed by atoms with van der Waals surface area (Å²) in [4.78, 5) is 7.15. The molecule has 4 heteroatoms. The van der Waals surface area contributed by atoms with E-state index in [9.17, 15) is 0 Å². The Labute approximate surface area is 155 Å². The van der Waals surface area contributed by atoms with Crippen LogP contribution in [0, 0.1) is 11.8 Å². The van der Waals surface area contributed by atoms with Crippen molar-refractivity contribution in [3.05, 3.63) is 48.7 Å². The number of ether oxygens (including phenoxy) is 2. The molecule has 0 radical (unpaired) electrons. The van der Waals surface area contributed by atoms with E-state index in [0.29, 0.717) is 18.6 Å². The number of aromatic nitrogens is 1. The molecular weight excluding hydrogens is 324 g/mol. The highest BCUT2D eigenvalue weighted by molar-refractivity contribution is 5.84. The number of hydrogen-bond donors (Lipinski definition) is 0. The van der Waals surface area contributed by atoms with Crippen molar-refractivity contribution >= 4 is 10.9 Å². The molecule has 3 saturated heterocycles. The molecule has 3 aliphatic heterocycles. The van der Waals surface area contributed by atoms with Gasteiger partial charge in [0.15, 0.2) is 0 Å². The first-order chi connectivity index (χ1) is 12.7. The topological polar surface area (TPSA) is 34.6 Å². The van der Waals surface area contributed by atoms with E-state index in [2.05, 4.69) is 41.6 Å². The van der Waals surface area contributed by atoms with E-state index in [1.54, 1.807) is 7.11 Å². The van der Waals surface area contributed by atoms with E-state index in [-0.39, 0.29) is 6.10 Å². The van der Waals surface area contributed by atoms with Crippen molar-refractivity contribution in [2.75, 3.05) is 26.8 Å². The summed E-state index contributed by atoms with van der Waals surface area (Å²) in [5.41, 5.74) is 2.22. The summed E-state index contributed by atoms with van der Waals surface area (Å²) in [6, 6.07) is 8.63. The van der Waals surface area contributed by atoms with Crippen LogP contribution in [-0.2, 0) is 4.74 Å². The van der Waals surface area contributed by atoms with E-state index >= 15 is 0 Å². The van der Waals surface area contributed by atoms with Gasteiger partial charge >= 0.3 is 0 Å². The molecule has 3 fully saturated rings. The number of fused-ring (bicyclic) bond motifs is 4. The Kier molecular flexibility index (Phi) is 4.96. The molecular formula is C22H28N2O2. The first-order valence-electron chi connectivity index (χ1n) is 9.66. The van der Waals surface area contributed by atoms with Crippen LogP contribution in [0.15, 0.2) is 43.1 Å². The minimum absolute atomic E-state index is 0.0613. The first-order valence-corrected chi connectivity index (χ1v) is 9.66. The summed E-state index contributed by atoms with van der Waals surface area (Å²) < 4.78 is 11.8. The van der Waals surface area contributed by atoms with E-state index in [1.807, 2.05) is 18.3 Å². The average molecular weight is 352 g/mol. The van der Waals surface area contributed by atoms with E-state index in [4.69, 9.17) is 9.47 Å². The molecule has 1 aromatic heterocycles. The number of rotatable bonds is 6. The van der Waals surface area contributed by atoms with Gasteiger partial charge < -0.3 is 9.47 Å². The van der Waals surface area contributed by atoms with Crippen LogP contribution in [0.5, 0.6) is 5.75 Å². The van der Waals surface area contributed by atoms with Crippen molar-refractivity contribution in [3.63, 3.8) is 0 Å². The van der Waals surface area contributed by atoms with E-state index in [0.717, 1.165) is 35.7 Å². The summed E-state index contributed by atoms with van der Waals surface area (Å²) in [6.07, 6.45) is 6.56. The molecule has 4 heterocycles. The van der Waals surface area contributed by atoms with Gasteiger partial charge in [-0.3, -0.25) is 9.88 Å². The smallest absolute Gasteiger partial charge is 0.119 e. The quantitative estimate of drug-likeness (QED) is 0.729. The number of nitrogens with zero attached hydrogens (tertiary/aromatic N) is 2. The molecule has 0 saturated carbocycles. The fraction of sp³-hybridized carbons (Fsp3) is 0.500. The fourth-order valence-electron chi connectivity index (χ4n) is 4.80. The van der Waals surface area contributed by atoms with Gasteiger partial charge in [-0.15, -0.1) is 6.58 Å². The second kappa shape index (κ2) is 7.37. The lowest BCUT2D eigenvalue weighted by molar-refractivity contribution is -0.0719. The van der Waals surface area contributed by atoms with Crippen LogP contribution in [0.3, 0.4) is 0 Å². The summed E-state index contributed by atoms with van der Waals surface area (Å²) in [6.45, 7) is 9.11. The van der Waals surface area contributed by atoms with Crippen LogP contribution in [0.1, 0.15) is 31.4 Å². The van der Waals surface area contributed by atoms with Crippen LogP contribution >= 0.6 is 0 Å². The summed E-state index contributed by atoms with van der Waals surface area (Å²) in [7, 11) is 1.71. The zero-order valence-corrected chi connectivity index (χ0v) is 15.7. The molecule has 0 N–H and O–H groups in total. The zero-order chi connectivity index (χ0) is 18.1. The van der Waals surface area contributed by atoms with Gasteiger partial charge in [-0.2, -0.15) is 0 Å². The Morgan fingerprint density at radius 3 is 2.96 bits per heavy atom. The maximum Gasteiger partial charge on any atom is 0.119 e. The Hall–Kier alpha value is -1.91. The number of methoxy groups -OCH3 is 1. The van der Waals surface area contributed by atoms with Gasteiger partial charge in [0, 0.05) is 30.8 Å². The van der Waals surface area contributed by atoms with Crippen LogP contribution in [-0.4, -0.2) is 42.7 Å². The molecule has 138 valence electrons. The number of hydrogen-bond acceptors (Lipinski definition) is 4. The molecule has 3 aliphatic rings. The highest BCUT2D eigenvalue weighted by atomic mass is 16.5. The van der Waals surface area contributed by atoms with Gasteiger partial charge in [0.1, 0.15) is 5.75 Å². The highest BCUT2D eigenvalue weighted by Gasteiger charge is 2.43. The van der Waals surface area contributed by atoms with Crippen molar-refractivity contribution in [2.45, 2.75) is 31.9 Å². The molecule has 1 aromatic carbocycles. The molecule has 0 amide bonds. The van der Waals surface area contributed by atoms with Crippen molar-refractivity contribution in [2.24, 2.45) is 11.8 Å². The van der Waals surface area contributed by atoms with E-state index in [1.165, 1.54) is 18.4 Å². The Bertz CT molecular complexity index is 791. The zero-order valence-electron chi connectivity index (χ0n) is 15.7. The van der Waals surface area contributed by atoms with E-state index < -0.39 is 0 Å². The summed E-state index contributed by atoms with van der Waals surface area (Å²) in [5.74, 6) is 2.21. The largest absolute Gasteiger partial charge is 0.497 e. The third-order valence-electron chi connectivity index (χ3n) is 6.14. The van der Waals surface area contributed by atoms with Crippen molar-refractivity contribution in [1.29, 1.82) is 0 Å². The van der Waals surface area contributed by atoms with Crippen LogP contribution < -0.4 is 4.74 Å². The lowest BCUT2D eigenvalue weighted by Crippen LogP contribution is -2.55. The number of benzene rings is 1. The predicted octanol–water partition coefficient (Wildman–Crippen LogP) is 4.22. The third kappa shape index (κ3) is 3.01. The number of piperidine rings is 3. The van der Waals surface area contributed by atoms with Gasteiger partial charge in [0.05, 0.1) is 18.7 Å². The maximum atomic E-state index is 6.33. The predicted molar refractivity (Wildman–Crippen MR) is 104 cm³/mol. The molecule has 0 spiro atoms. The van der Waals surface area contributed by atoms with Gasteiger partial charge in [0.2, 0.25) is 0 Å². The monoisotopic (exact) mass is 352 g/mol. The van der Waals surface area contributed by atoms with Gasteiger partial charge in [-0.1, -0.05) is 6.08 Å². The lowest BCUT2D eigenvalue weighted by Gasteiger charge is -2.51. The van der Waals surface area contributed by atoms with Crippen LogP contribution in [0.25, 0.3) is 10.9 Å². The van der Waals surface area contributed by atoms with Crippen molar-refractivity contribution < 1.29 is 9.47 Å².